The minimum Gasteiger partial charge on any atom is -0.409 e. The van der Waals surface area contributed by atoms with Crippen LogP contribution in [0.15, 0.2) is 0 Å². The lowest BCUT2D eigenvalue weighted by Crippen LogP contribution is -2.63. The van der Waals surface area contributed by atoms with Gasteiger partial charge in [-0.25, -0.2) is 0 Å². The summed E-state index contributed by atoms with van der Waals surface area (Å²) in [5.41, 5.74) is 5.79. The maximum atomic E-state index is 10.2. The molecule has 0 aromatic rings. The molecule has 2 rings (SSSR count). The predicted molar refractivity (Wildman–Crippen MR) is 74.0 cm³/mol. The van der Waals surface area contributed by atoms with Crippen LogP contribution in [0.2, 0.25) is 18.1 Å². The van der Waals surface area contributed by atoms with E-state index in [1.54, 1.807) is 0 Å². The molecule has 0 aromatic heterocycles. The van der Waals surface area contributed by atoms with Crippen LogP contribution in [0.1, 0.15) is 33.6 Å². The Labute approximate surface area is 111 Å². The van der Waals surface area contributed by atoms with Crippen molar-refractivity contribution in [3.8, 4) is 0 Å². The minimum absolute atomic E-state index is 0.0344. The third-order valence-corrected chi connectivity index (χ3v) is 9.49. The fraction of sp³-hybridized carbons (Fsp3) is 1.00. The summed E-state index contributed by atoms with van der Waals surface area (Å²) in [7, 11) is -1.88. The van der Waals surface area contributed by atoms with Crippen LogP contribution in [0.5, 0.6) is 0 Å². The van der Waals surface area contributed by atoms with Gasteiger partial charge in [0.25, 0.3) is 0 Å². The molecule has 0 unspecified atom stereocenters. The fourth-order valence-corrected chi connectivity index (χ4v) is 3.99. The molecule has 0 amide bonds. The minimum atomic E-state index is -1.88. The van der Waals surface area contributed by atoms with Crippen molar-refractivity contribution in [2.24, 2.45) is 5.73 Å². The first-order valence-electron chi connectivity index (χ1n) is 6.84. The van der Waals surface area contributed by atoms with E-state index >= 15 is 0 Å². The third kappa shape index (κ3) is 2.16. The molecule has 106 valence electrons. The van der Waals surface area contributed by atoms with Gasteiger partial charge >= 0.3 is 0 Å². The van der Waals surface area contributed by atoms with Crippen molar-refractivity contribution < 1.29 is 14.3 Å². The average Bonchev–Trinajstić information content (AvgIpc) is 2.35. The first kappa shape index (κ1) is 14.5. The maximum absolute atomic E-state index is 10.2. The molecule has 1 saturated heterocycles. The van der Waals surface area contributed by atoms with Gasteiger partial charge < -0.3 is 20.0 Å². The van der Waals surface area contributed by atoms with Crippen LogP contribution >= 0.6 is 0 Å². The second-order valence-corrected chi connectivity index (χ2v) is 12.1. The van der Waals surface area contributed by atoms with Gasteiger partial charge in [0.15, 0.2) is 8.32 Å². The molecule has 2 fully saturated rings. The predicted octanol–water partition coefficient (Wildman–Crippen LogP) is 1.63. The quantitative estimate of drug-likeness (QED) is 0.751. The SMILES string of the molecule is CC(C)(C)[Si](C)(C)O[C@@H]1[C@@H]2C[C@@H](O)[C@@]1(N)CCO2. The van der Waals surface area contributed by atoms with Crippen LogP contribution in [0.25, 0.3) is 0 Å². The Morgan fingerprint density at radius 1 is 1.39 bits per heavy atom. The lowest BCUT2D eigenvalue weighted by Gasteiger charge is -2.46. The van der Waals surface area contributed by atoms with E-state index in [0.717, 1.165) is 0 Å². The largest absolute Gasteiger partial charge is 0.409 e. The summed E-state index contributed by atoms with van der Waals surface area (Å²) in [6, 6.07) is 0. The second kappa shape index (κ2) is 4.28. The van der Waals surface area contributed by atoms with Crippen molar-refractivity contribution in [1.29, 1.82) is 0 Å². The Morgan fingerprint density at radius 2 is 2.00 bits per heavy atom. The molecule has 4 atom stereocenters. The van der Waals surface area contributed by atoms with Gasteiger partial charge in [-0.15, -0.1) is 0 Å². The molecule has 0 aromatic carbocycles. The summed E-state index contributed by atoms with van der Waals surface area (Å²) < 4.78 is 12.2. The van der Waals surface area contributed by atoms with Gasteiger partial charge in [0.1, 0.15) is 0 Å². The highest BCUT2D eigenvalue weighted by Crippen LogP contribution is 2.45. The number of fused-ring (bicyclic) bond motifs is 2. The van der Waals surface area contributed by atoms with Crippen molar-refractivity contribution in [3.05, 3.63) is 0 Å². The van der Waals surface area contributed by atoms with Gasteiger partial charge in [-0.1, -0.05) is 20.8 Å². The molecule has 18 heavy (non-hydrogen) atoms. The summed E-state index contributed by atoms with van der Waals surface area (Å²) >= 11 is 0. The van der Waals surface area contributed by atoms with Crippen LogP contribution in [0.4, 0.5) is 0 Å². The number of aliphatic hydroxyl groups excluding tert-OH is 1. The first-order chi connectivity index (χ1) is 8.08. The Kier molecular flexibility index (Phi) is 3.44. The molecule has 2 bridgehead atoms. The topological polar surface area (TPSA) is 64.7 Å². The highest BCUT2D eigenvalue weighted by atomic mass is 28.4. The van der Waals surface area contributed by atoms with E-state index in [-0.39, 0.29) is 17.2 Å². The zero-order valence-electron chi connectivity index (χ0n) is 12.2. The van der Waals surface area contributed by atoms with E-state index < -0.39 is 20.0 Å². The zero-order valence-corrected chi connectivity index (χ0v) is 13.2. The molecule has 1 heterocycles. The Hall–Kier alpha value is 0.0569. The molecule has 0 radical (unpaired) electrons. The third-order valence-electron chi connectivity index (χ3n) is 5.04. The van der Waals surface area contributed by atoms with E-state index in [2.05, 4.69) is 33.9 Å². The second-order valence-electron chi connectivity index (χ2n) is 7.32. The average molecular weight is 273 g/mol. The lowest BCUT2D eigenvalue weighted by atomic mass is 9.89. The molecular weight excluding hydrogens is 246 g/mol. The number of aliphatic hydroxyl groups is 1. The van der Waals surface area contributed by atoms with E-state index in [1.807, 2.05) is 0 Å². The molecule has 3 N–H and O–H groups in total. The Balaban J connectivity index is 2.20. The molecule has 0 spiro atoms. The van der Waals surface area contributed by atoms with Crippen molar-refractivity contribution in [1.82, 2.24) is 0 Å². The van der Waals surface area contributed by atoms with Crippen LogP contribution < -0.4 is 5.73 Å². The molecule has 1 aliphatic carbocycles. The smallest absolute Gasteiger partial charge is 0.192 e. The normalized spacial score (nSPS) is 41.2. The number of rotatable bonds is 2. The van der Waals surface area contributed by atoms with E-state index in [9.17, 15) is 5.11 Å². The van der Waals surface area contributed by atoms with Gasteiger partial charge in [0.2, 0.25) is 0 Å². The van der Waals surface area contributed by atoms with Gasteiger partial charge in [0, 0.05) is 13.0 Å². The Morgan fingerprint density at radius 3 is 2.50 bits per heavy atom. The Bertz CT molecular complexity index is 329. The maximum Gasteiger partial charge on any atom is 0.192 e. The van der Waals surface area contributed by atoms with Gasteiger partial charge in [-0.3, -0.25) is 0 Å². The van der Waals surface area contributed by atoms with Gasteiger partial charge in [-0.2, -0.15) is 0 Å². The van der Waals surface area contributed by atoms with Crippen molar-refractivity contribution in [2.45, 2.75) is 75.6 Å². The monoisotopic (exact) mass is 273 g/mol. The number of hydrogen-bond donors (Lipinski definition) is 2. The molecular formula is C13H27NO3Si. The van der Waals surface area contributed by atoms with Crippen LogP contribution in [0, 0.1) is 0 Å². The first-order valence-corrected chi connectivity index (χ1v) is 9.75. The lowest BCUT2D eigenvalue weighted by molar-refractivity contribution is -0.0788. The van der Waals surface area contributed by atoms with E-state index in [0.29, 0.717) is 19.4 Å². The standard InChI is InChI=1S/C13H27NO3Si/c1-12(2,3)18(4,5)17-11-9-8-10(15)13(11,14)6-7-16-9/h9-11,15H,6-8,14H2,1-5H3/t9-,10+,11+,13-/m0/s1. The van der Waals surface area contributed by atoms with Crippen molar-refractivity contribution in [3.63, 3.8) is 0 Å². The van der Waals surface area contributed by atoms with Crippen LogP contribution in [0.3, 0.4) is 0 Å². The summed E-state index contributed by atoms with van der Waals surface area (Å²) in [6.45, 7) is 11.7. The van der Waals surface area contributed by atoms with Crippen LogP contribution in [-0.4, -0.2) is 43.9 Å². The molecule has 5 heteroatoms. The highest BCUT2D eigenvalue weighted by molar-refractivity contribution is 6.74. The number of ether oxygens (including phenoxy) is 1. The summed E-state index contributed by atoms with van der Waals surface area (Å²) in [4.78, 5) is 0. The highest BCUT2D eigenvalue weighted by Gasteiger charge is 2.58. The molecule has 2 aliphatic rings. The zero-order chi connectivity index (χ0) is 13.8. The van der Waals surface area contributed by atoms with Gasteiger partial charge in [-0.05, 0) is 24.6 Å². The number of hydrogen-bond acceptors (Lipinski definition) is 4. The summed E-state index contributed by atoms with van der Waals surface area (Å²) in [5, 5.41) is 10.3. The van der Waals surface area contributed by atoms with Crippen molar-refractivity contribution >= 4 is 8.32 Å². The van der Waals surface area contributed by atoms with E-state index in [1.165, 1.54) is 0 Å². The molecule has 1 aliphatic heterocycles. The van der Waals surface area contributed by atoms with Gasteiger partial charge in [0.05, 0.1) is 23.9 Å². The molecule has 4 nitrogen and oxygen atoms in total. The van der Waals surface area contributed by atoms with E-state index in [4.69, 9.17) is 14.9 Å². The number of nitrogens with two attached hydrogens (primary N) is 1. The molecule has 1 saturated carbocycles. The summed E-state index contributed by atoms with van der Waals surface area (Å²) in [5.74, 6) is 0. The summed E-state index contributed by atoms with van der Waals surface area (Å²) in [6.07, 6.45) is 0.606. The van der Waals surface area contributed by atoms with Crippen LogP contribution in [-0.2, 0) is 9.16 Å². The fourth-order valence-electron chi connectivity index (χ4n) is 2.63. The van der Waals surface area contributed by atoms with Crippen molar-refractivity contribution in [2.75, 3.05) is 6.61 Å².